The summed E-state index contributed by atoms with van der Waals surface area (Å²) in [5.74, 6) is -1.26. The van der Waals surface area contributed by atoms with Gasteiger partial charge in [-0.2, -0.15) is 0 Å². The number of fused-ring (bicyclic) bond motifs is 4. The lowest BCUT2D eigenvalue weighted by Crippen LogP contribution is -2.30. The Bertz CT molecular complexity index is 567. The Labute approximate surface area is 108 Å². The van der Waals surface area contributed by atoms with E-state index >= 15 is 0 Å². The Hall–Kier alpha value is -1.59. The molecule has 2 heterocycles. The van der Waals surface area contributed by atoms with Gasteiger partial charge in [0.2, 0.25) is 6.29 Å². The van der Waals surface area contributed by atoms with Gasteiger partial charge in [-0.3, -0.25) is 9.59 Å². The fourth-order valence-electron chi connectivity index (χ4n) is 3.24. The maximum absolute atomic E-state index is 12.8. The van der Waals surface area contributed by atoms with Gasteiger partial charge >= 0.3 is 0 Å². The van der Waals surface area contributed by atoms with Crippen LogP contribution < -0.4 is 0 Å². The molecule has 2 aliphatic heterocycles. The van der Waals surface area contributed by atoms with Gasteiger partial charge in [0, 0.05) is 23.3 Å². The first kappa shape index (κ1) is 11.3. The van der Waals surface area contributed by atoms with Crippen LogP contribution in [-0.4, -0.2) is 30.6 Å². The molecule has 0 amide bonds. The number of hydrogen-bond acceptors (Lipinski definition) is 4. The van der Waals surface area contributed by atoms with Gasteiger partial charge in [-0.1, -0.05) is 0 Å². The highest BCUT2D eigenvalue weighted by molar-refractivity contribution is 6.05. The topological polar surface area (TPSA) is 52.6 Å². The second-order valence-electron chi connectivity index (χ2n) is 5.24. The highest BCUT2D eigenvalue weighted by Gasteiger charge is 2.68. The summed E-state index contributed by atoms with van der Waals surface area (Å²) in [4.78, 5) is 24.3. The lowest BCUT2D eigenvalue weighted by molar-refractivity contribution is -0.153. The van der Waals surface area contributed by atoms with E-state index in [-0.39, 0.29) is 41.2 Å². The molecule has 98 valence electrons. The third-order valence-electron chi connectivity index (χ3n) is 4.21. The van der Waals surface area contributed by atoms with Crippen LogP contribution in [0.5, 0.6) is 0 Å². The average Bonchev–Trinajstić information content (AvgIpc) is 3.02. The quantitative estimate of drug-likeness (QED) is 0.751. The van der Waals surface area contributed by atoms with E-state index in [1.807, 2.05) is 0 Å². The largest absolute Gasteiger partial charge is 0.343 e. The van der Waals surface area contributed by atoms with Crippen molar-refractivity contribution in [3.8, 4) is 0 Å². The number of halogens is 1. The molecule has 19 heavy (non-hydrogen) atoms. The van der Waals surface area contributed by atoms with E-state index in [1.54, 1.807) is 0 Å². The fourth-order valence-corrected chi connectivity index (χ4v) is 3.24. The molecule has 5 heteroatoms. The van der Waals surface area contributed by atoms with Crippen LogP contribution >= 0.6 is 0 Å². The summed E-state index contributed by atoms with van der Waals surface area (Å²) in [6.45, 7) is 0.380. The zero-order valence-corrected chi connectivity index (χ0v) is 9.91. The van der Waals surface area contributed by atoms with E-state index in [4.69, 9.17) is 9.47 Å². The van der Waals surface area contributed by atoms with Gasteiger partial charge < -0.3 is 9.47 Å². The van der Waals surface area contributed by atoms with Gasteiger partial charge in [-0.05, 0) is 24.3 Å². The maximum Gasteiger partial charge on any atom is 0.218 e. The number of hydrogen-bond donors (Lipinski definition) is 0. The molecule has 4 nitrogen and oxygen atoms in total. The van der Waals surface area contributed by atoms with Crippen molar-refractivity contribution in [1.82, 2.24) is 0 Å². The molecule has 2 saturated heterocycles. The zero-order valence-electron chi connectivity index (χ0n) is 9.91. The van der Waals surface area contributed by atoms with E-state index in [0.717, 1.165) is 0 Å². The Balaban J connectivity index is 1.60. The molecule has 1 aromatic rings. The standard InChI is InChI=1S/C14H11FO4/c15-7-3-1-6(2-4-7)12(16)10-9-8-5-18-14(19-8)13(17)11(9)10/h1-4,8-11,14H,5H2/t8-,9+,10+,11+,14+/m1/s1. The third-order valence-corrected chi connectivity index (χ3v) is 4.21. The number of benzene rings is 1. The number of rotatable bonds is 2. The van der Waals surface area contributed by atoms with Crippen LogP contribution in [0.2, 0.25) is 0 Å². The molecular formula is C14H11FO4. The van der Waals surface area contributed by atoms with Crippen LogP contribution in [0.15, 0.2) is 24.3 Å². The zero-order chi connectivity index (χ0) is 13.1. The van der Waals surface area contributed by atoms with E-state index in [2.05, 4.69) is 0 Å². The first-order chi connectivity index (χ1) is 9.16. The molecule has 5 atom stereocenters. The maximum atomic E-state index is 12.8. The molecule has 0 spiro atoms. The Kier molecular flexibility index (Phi) is 2.20. The molecule has 0 aromatic heterocycles. The molecule has 0 unspecified atom stereocenters. The van der Waals surface area contributed by atoms with Crippen molar-refractivity contribution in [3.05, 3.63) is 35.6 Å². The van der Waals surface area contributed by atoms with Gasteiger partial charge in [0.25, 0.3) is 0 Å². The second kappa shape index (κ2) is 3.71. The summed E-state index contributed by atoms with van der Waals surface area (Å²) in [5, 5.41) is 0. The fraction of sp³-hybridized carbons (Fsp3) is 0.429. The molecule has 1 aliphatic carbocycles. The van der Waals surface area contributed by atoms with Gasteiger partial charge in [0.15, 0.2) is 11.6 Å². The van der Waals surface area contributed by atoms with E-state index in [0.29, 0.717) is 12.2 Å². The van der Waals surface area contributed by atoms with Crippen molar-refractivity contribution >= 4 is 11.6 Å². The lowest BCUT2D eigenvalue weighted by atomic mass is 10.0. The van der Waals surface area contributed by atoms with Gasteiger partial charge in [0.1, 0.15) is 5.82 Å². The van der Waals surface area contributed by atoms with E-state index < -0.39 is 6.29 Å². The Morgan fingerprint density at radius 2 is 2.00 bits per heavy atom. The molecule has 4 rings (SSSR count). The van der Waals surface area contributed by atoms with Crippen LogP contribution in [0.4, 0.5) is 4.39 Å². The number of Topliss-reactive ketones (excluding diaryl/α,β-unsaturated/α-hetero) is 2. The molecule has 0 radical (unpaired) electrons. The molecule has 3 fully saturated rings. The second-order valence-corrected chi connectivity index (χ2v) is 5.24. The van der Waals surface area contributed by atoms with Crippen molar-refractivity contribution in [2.24, 2.45) is 17.8 Å². The van der Waals surface area contributed by atoms with Gasteiger partial charge in [-0.25, -0.2) is 4.39 Å². The van der Waals surface area contributed by atoms with Crippen LogP contribution in [0.3, 0.4) is 0 Å². The van der Waals surface area contributed by atoms with E-state index in [9.17, 15) is 14.0 Å². The predicted molar refractivity (Wildman–Crippen MR) is 60.8 cm³/mol. The van der Waals surface area contributed by atoms with Crippen LogP contribution in [0.25, 0.3) is 0 Å². The van der Waals surface area contributed by atoms with Crippen molar-refractivity contribution in [1.29, 1.82) is 0 Å². The molecule has 3 aliphatic rings. The normalized spacial score (nSPS) is 39.0. The molecule has 0 N–H and O–H groups in total. The predicted octanol–water partition coefficient (Wildman–Crippen LogP) is 1.19. The highest BCUT2D eigenvalue weighted by atomic mass is 19.1. The first-order valence-electron chi connectivity index (χ1n) is 6.27. The highest BCUT2D eigenvalue weighted by Crippen LogP contribution is 2.57. The molecule has 2 bridgehead atoms. The minimum Gasteiger partial charge on any atom is -0.343 e. The van der Waals surface area contributed by atoms with Crippen LogP contribution in [-0.2, 0) is 14.3 Å². The molecule has 1 saturated carbocycles. The number of ketones is 2. The summed E-state index contributed by atoms with van der Waals surface area (Å²) in [6.07, 6.45) is -0.931. The van der Waals surface area contributed by atoms with Crippen molar-refractivity contribution in [3.63, 3.8) is 0 Å². The Morgan fingerprint density at radius 1 is 1.26 bits per heavy atom. The van der Waals surface area contributed by atoms with Crippen molar-refractivity contribution < 1.29 is 23.5 Å². The summed E-state index contributed by atoms with van der Waals surface area (Å²) < 4.78 is 23.5. The lowest BCUT2D eigenvalue weighted by Gasteiger charge is -2.14. The average molecular weight is 262 g/mol. The summed E-state index contributed by atoms with van der Waals surface area (Å²) >= 11 is 0. The minimum absolute atomic E-state index is 0.0659. The SMILES string of the molecule is O=C(c1ccc(F)cc1)[C@@H]1[C@H]2C(=O)[C@H]3OC[C@@H](O3)[C@@H]12. The van der Waals surface area contributed by atoms with Gasteiger partial charge in [-0.15, -0.1) is 0 Å². The minimum atomic E-state index is -0.780. The third kappa shape index (κ3) is 1.52. The number of ether oxygens (including phenoxy) is 2. The smallest absolute Gasteiger partial charge is 0.218 e. The van der Waals surface area contributed by atoms with E-state index in [1.165, 1.54) is 24.3 Å². The van der Waals surface area contributed by atoms with Crippen molar-refractivity contribution in [2.45, 2.75) is 12.4 Å². The number of carbonyl (C=O) groups excluding carboxylic acids is 2. The summed E-state index contributed by atoms with van der Waals surface area (Å²) in [5.41, 5.74) is 0.449. The summed E-state index contributed by atoms with van der Waals surface area (Å²) in [6, 6.07) is 5.43. The Morgan fingerprint density at radius 3 is 2.74 bits per heavy atom. The molecule has 1 aromatic carbocycles. The van der Waals surface area contributed by atoms with Gasteiger partial charge in [0.05, 0.1) is 12.7 Å². The van der Waals surface area contributed by atoms with Crippen molar-refractivity contribution in [2.75, 3.05) is 6.61 Å². The monoisotopic (exact) mass is 262 g/mol. The summed E-state index contributed by atoms with van der Waals surface area (Å²) in [7, 11) is 0. The molecular weight excluding hydrogens is 251 g/mol. The van der Waals surface area contributed by atoms with Crippen LogP contribution in [0.1, 0.15) is 10.4 Å². The number of carbonyl (C=O) groups is 2. The first-order valence-corrected chi connectivity index (χ1v) is 6.27. The van der Waals surface area contributed by atoms with Crippen LogP contribution in [0, 0.1) is 23.6 Å².